The molecule has 9 heteroatoms. The molecule has 2 heterocycles. The molecule has 0 spiro atoms. The summed E-state index contributed by atoms with van der Waals surface area (Å²) in [5.74, 6) is 2.21. The summed E-state index contributed by atoms with van der Waals surface area (Å²) < 4.78 is 7.53. The van der Waals surface area contributed by atoms with E-state index >= 15 is 0 Å². The number of thiophene rings is 1. The van der Waals surface area contributed by atoms with Crippen molar-refractivity contribution >= 4 is 34.0 Å². The van der Waals surface area contributed by atoms with Gasteiger partial charge >= 0.3 is 0 Å². The zero-order valence-electron chi connectivity index (χ0n) is 21.6. The van der Waals surface area contributed by atoms with Crippen LogP contribution in [-0.2, 0) is 24.2 Å². The Morgan fingerprint density at radius 3 is 2.67 bits per heavy atom. The number of rotatable bonds is 8. The molecular weight excluding hydrogens is 490 g/mol. The number of thioether (sulfide) groups is 1. The van der Waals surface area contributed by atoms with E-state index < -0.39 is 0 Å². The van der Waals surface area contributed by atoms with Gasteiger partial charge in [-0.05, 0) is 74.3 Å². The Labute approximate surface area is 221 Å². The summed E-state index contributed by atoms with van der Waals surface area (Å²) in [7, 11) is 0. The number of ether oxygens (including phenoxy) is 1. The van der Waals surface area contributed by atoms with Gasteiger partial charge in [0.1, 0.15) is 16.8 Å². The second-order valence-corrected chi connectivity index (χ2v) is 12.0. The zero-order valence-corrected chi connectivity index (χ0v) is 23.2. The Kier molecular flexibility index (Phi) is 8.06. The lowest BCUT2D eigenvalue weighted by atomic mass is 9.72. The maximum absolute atomic E-state index is 12.9. The number of benzene rings is 1. The van der Waals surface area contributed by atoms with E-state index in [1.54, 1.807) is 11.3 Å². The fraction of sp³-hybridized carbons (Fsp3) is 0.481. The van der Waals surface area contributed by atoms with Gasteiger partial charge in [0.05, 0.1) is 17.9 Å². The highest BCUT2D eigenvalue weighted by atomic mass is 32.2. The molecule has 0 fully saturated rings. The van der Waals surface area contributed by atoms with Crippen LogP contribution in [-0.4, -0.2) is 33.0 Å². The van der Waals surface area contributed by atoms with Crippen LogP contribution in [0.4, 0.5) is 5.00 Å². The van der Waals surface area contributed by atoms with Gasteiger partial charge in [-0.3, -0.25) is 4.79 Å². The van der Waals surface area contributed by atoms with Gasteiger partial charge in [0, 0.05) is 17.0 Å². The van der Waals surface area contributed by atoms with E-state index in [2.05, 4.69) is 42.4 Å². The normalized spacial score (nSPS) is 15.3. The largest absolute Gasteiger partial charge is 0.494 e. The minimum atomic E-state index is -0.143. The molecule has 0 saturated carbocycles. The van der Waals surface area contributed by atoms with E-state index in [0.717, 1.165) is 42.0 Å². The minimum Gasteiger partial charge on any atom is -0.494 e. The second kappa shape index (κ2) is 11.1. The van der Waals surface area contributed by atoms with Crippen molar-refractivity contribution in [3.8, 4) is 23.2 Å². The molecule has 0 aliphatic heterocycles. The molecule has 1 N–H and O–H groups in total. The van der Waals surface area contributed by atoms with Crippen molar-refractivity contribution in [3.63, 3.8) is 0 Å². The van der Waals surface area contributed by atoms with Gasteiger partial charge < -0.3 is 14.6 Å². The Morgan fingerprint density at radius 2 is 2.03 bits per heavy atom. The predicted molar refractivity (Wildman–Crippen MR) is 146 cm³/mol. The number of aromatic nitrogens is 3. The molecule has 1 atom stereocenters. The highest BCUT2D eigenvalue weighted by molar-refractivity contribution is 7.99. The fourth-order valence-corrected chi connectivity index (χ4v) is 6.68. The van der Waals surface area contributed by atoms with Crippen molar-refractivity contribution in [3.05, 3.63) is 40.3 Å². The van der Waals surface area contributed by atoms with Crippen LogP contribution >= 0.6 is 23.1 Å². The molecule has 36 heavy (non-hydrogen) atoms. The molecule has 7 nitrogen and oxygen atoms in total. The van der Waals surface area contributed by atoms with Crippen LogP contribution in [0.3, 0.4) is 0 Å². The van der Waals surface area contributed by atoms with Gasteiger partial charge in [0.2, 0.25) is 5.91 Å². The van der Waals surface area contributed by atoms with Gasteiger partial charge in [0.15, 0.2) is 11.0 Å². The topological polar surface area (TPSA) is 92.8 Å². The first-order valence-corrected chi connectivity index (χ1v) is 14.2. The van der Waals surface area contributed by atoms with Crippen LogP contribution in [0.2, 0.25) is 0 Å². The highest BCUT2D eigenvalue weighted by Crippen LogP contribution is 2.44. The molecule has 3 aromatic rings. The SMILES string of the molecule is CCOc1ccc(-c2nnc(SCC(=O)Nc3sc4c(c3C#N)CCC(C(C)(C)C)C4)n2CC)cc1. The lowest BCUT2D eigenvalue weighted by Crippen LogP contribution is -2.26. The van der Waals surface area contributed by atoms with E-state index in [-0.39, 0.29) is 17.1 Å². The maximum Gasteiger partial charge on any atom is 0.235 e. The lowest BCUT2D eigenvalue weighted by Gasteiger charge is -2.33. The van der Waals surface area contributed by atoms with Crippen LogP contribution in [0.5, 0.6) is 5.75 Å². The molecule has 2 aromatic heterocycles. The molecule has 1 aliphatic carbocycles. The van der Waals surface area contributed by atoms with Crippen LogP contribution < -0.4 is 10.1 Å². The molecule has 1 aromatic carbocycles. The Balaban J connectivity index is 1.43. The monoisotopic (exact) mass is 523 g/mol. The molecule has 4 rings (SSSR count). The van der Waals surface area contributed by atoms with Gasteiger partial charge in [-0.1, -0.05) is 32.5 Å². The molecule has 1 unspecified atom stereocenters. The van der Waals surface area contributed by atoms with Crippen molar-refractivity contribution in [2.45, 2.75) is 65.6 Å². The average Bonchev–Trinajstić information content (AvgIpc) is 3.42. The summed E-state index contributed by atoms with van der Waals surface area (Å²) in [4.78, 5) is 14.1. The zero-order chi connectivity index (χ0) is 25.9. The molecule has 0 bridgehead atoms. The second-order valence-electron chi connectivity index (χ2n) is 9.97. The number of nitrogens with one attached hydrogen (secondary N) is 1. The van der Waals surface area contributed by atoms with Gasteiger partial charge in [0.25, 0.3) is 0 Å². The minimum absolute atomic E-state index is 0.143. The van der Waals surface area contributed by atoms with Crippen LogP contribution in [0, 0.1) is 22.7 Å². The number of amides is 1. The van der Waals surface area contributed by atoms with E-state index in [4.69, 9.17) is 4.74 Å². The maximum atomic E-state index is 12.9. The van der Waals surface area contributed by atoms with Crippen LogP contribution in [0.1, 0.15) is 57.0 Å². The molecule has 1 amide bonds. The number of nitrogens with zero attached hydrogens (tertiary/aromatic N) is 4. The van der Waals surface area contributed by atoms with Crippen molar-refractivity contribution in [2.24, 2.45) is 11.3 Å². The number of anilines is 1. The Morgan fingerprint density at radius 1 is 1.28 bits per heavy atom. The standard InChI is InChI=1S/C27H33N5O2S2/c1-6-32-24(17-8-11-19(12-9-17)34-7-2)30-31-26(32)35-16-23(33)29-25-21(15-28)20-13-10-18(27(3,4)5)14-22(20)36-25/h8-9,11-12,18H,6-7,10,13-14,16H2,1-5H3,(H,29,33). The average molecular weight is 524 g/mol. The predicted octanol–water partition coefficient (Wildman–Crippen LogP) is 6.18. The summed E-state index contributed by atoms with van der Waals surface area (Å²) in [5.41, 5.74) is 2.93. The number of hydrogen-bond acceptors (Lipinski definition) is 7. The summed E-state index contributed by atoms with van der Waals surface area (Å²) in [6.45, 7) is 12.1. The summed E-state index contributed by atoms with van der Waals surface area (Å²) in [5, 5.41) is 22.9. The van der Waals surface area contributed by atoms with Crippen molar-refractivity contribution in [1.82, 2.24) is 14.8 Å². The van der Waals surface area contributed by atoms with Gasteiger partial charge in [-0.2, -0.15) is 5.26 Å². The highest BCUT2D eigenvalue weighted by Gasteiger charge is 2.32. The number of carbonyl (C=O) groups excluding carboxylic acids is 1. The molecule has 1 aliphatic rings. The molecule has 0 radical (unpaired) electrons. The van der Waals surface area contributed by atoms with Crippen molar-refractivity contribution in [2.75, 3.05) is 17.7 Å². The van der Waals surface area contributed by atoms with E-state index in [1.807, 2.05) is 42.7 Å². The third kappa shape index (κ3) is 5.60. The van der Waals surface area contributed by atoms with E-state index in [0.29, 0.717) is 34.8 Å². The van der Waals surface area contributed by atoms with Gasteiger partial charge in [-0.25, -0.2) is 0 Å². The number of fused-ring (bicyclic) bond motifs is 1. The van der Waals surface area contributed by atoms with Crippen molar-refractivity contribution < 1.29 is 9.53 Å². The van der Waals surface area contributed by atoms with Crippen molar-refractivity contribution in [1.29, 1.82) is 5.26 Å². The molecule has 190 valence electrons. The van der Waals surface area contributed by atoms with Crippen LogP contribution in [0.15, 0.2) is 29.4 Å². The summed E-state index contributed by atoms with van der Waals surface area (Å²) in [6, 6.07) is 10.1. The van der Waals surface area contributed by atoms with E-state index in [9.17, 15) is 10.1 Å². The Bertz CT molecular complexity index is 1270. The number of hydrogen-bond donors (Lipinski definition) is 1. The molecular formula is C27H33N5O2S2. The summed E-state index contributed by atoms with van der Waals surface area (Å²) >= 11 is 2.92. The number of carbonyl (C=O) groups is 1. The smallest absolute Gasteiger partial charge is 0.235 e. The third-order valence-corrected chi connectivity index (χ3v) is 8.78. The van der Waals surface area contributed by atoms with Gasteiger partial charge in [-0.15, -0.1) is 21.5 Å². The first-order valence-electron chi connectivity index (χ1n) is 12.4. The Hall–Kier alpha value is -2.83. The third-order valence-electron chi connectivity index (χ3n) is 6.64. The fourth-order valence-electron chi connectivity index (χ4n) is 4.59. The lowest BCUT2D eigenvalue weighted by molar-refractivity contribution is -0.113. The van der Waals surface area contributed by atoms with E-state index in [1.165, 1.54) is 16.6 Å². The number of nitriles is 1. The summed E-state index contributed by atoms with van der Waals surface area (Å²) in [6.07, 6.45) is 2.94. The first-order chi connectivity index (χ1) is 17.2. The molecule has 0 saturated heterocycles. The quantitative estimate of drug-likeness (QED) is 0.355. The first kappa shape index (κ1) is 26.2. The van der Waals surface area contributed by atoms with Crippen LogP contribution in [0.25, 0.3) is 11.4 Å².